The first-order chi connectivity index (χ1) is 16.9. The van der Waals surface area contributed by atoms with Crippen LogP contribution >= 0.6 is 0 Å². The standard InChI is InChI=1S/C26H28O11/c1-22(21(30)31)23(2,32)24(3,33)25(4,34)26(5,37-22)36-17-12-16-18(20(29)19(17)28)14(27)11-15(35-16)13-9-7-6-8-10-13/h6-12,28-29,32-34H,1-5H3,(H,30,31)/t22?,23-,24-,25?,26-/m1/s1. The van der Waals surface area contributed by atoms with E-state index in [-0.39, 0.29) is 16.7 Å². The molecule has 0 amide bonds. The lowest BCUT2D eigenvalue weighted by Crippen LogP contribution is -2.86. The Hall–Kier alpha value is -3.64. The summed E-state index contributed by atoms with van der Waals surface area (Å²) in [5, 5.41) is 64.4. The maximum absolute atomic E-state index is 12.8. The highest BCUT2D eigenvalue weighted by atomic mass is 16.7. The molecule has 2 aromatic carbocycles. The SMILES string of the molecule is CC1(O)[C@](C)(Oc2cc3oc(-c4ccccc4)cc(=O)c3c(O)c2O)OC(C)(C(=O)O)[C@@](C)(O)[C@@]1(C)O. The topological polar surface area (TPSA) is 187 Å². The number of hydrogen-bond acceptors (Lipinski definition) is 10. The Bertz CT molecular complexity index is 1450. The molecule has 1 aromatic heterocycles. The van der Waals surface area contributed by atoms with Crippen molar-refractivity contribution in [1.29, 1.82) is 0 Å². The number of phenols is 2. The first-order valence-electron chi connectivity index (χ1n) is 11.3. The summed E-state index contributed by atoms with van der Waals surface area (Å²) in [6.07, 6.45) is 0. The maximum atomic E-state index is 12.8. The van der Waals surface area contributed by atoms with Gasteiger partial charge in [-0.25, -0.2) is 4.79 Å². The first kappa shape index (κ1) is 26.4. The third kappa shape index (κ3) is 3.42. The Labute approximate surface area is 210 Å². The lowest BCUT2D eigenvalue weighted by atomic mass is 9.61. The number of carbonyl (C=O) groups is 1. The molecule has 1 aliphatic rings. The highest BCUT2D eigenvalue weighted by molar-refractivity contribution is 5.89. The Morgan fingerprint density at radius 2 is 1.46 bits per heavy atom. The number of carboxylic acids is 1. The average Bonchev–Trinajstić information content (AvgIpc) is 2.81. The van der Waals surface area contributed by atoms with Gasteiger partial charge in [0.05, 0.1) is 0 Å². The van der Waals surface area contributed by atoms with Gasteiger partial charge in [0.15, 0.2) is 28.1 Å². The van der Waals surface area contributed by atoms with E-state index in [1.165, 1.54) is 0 Å². The summed E-state index contributed by atoms with van der Waals surface area (Å²) < 4.78 is 17.2. The van der Waals surface area contributed by atoms with Crippen molar-refractivity contribution in [2.45, 2.75) is 62.8 Å². The Morgan fingerprint density at radius 1 is 0.865 bits per heavy atom. The van der Waals surface area contributed by atoms with E-state index in [1.54, 1.807) is 30.3 Å². The molecule has 11 nitrogen and oxygen atoms in total. The van der Waals surface area contributed by atoms with Gasteiger partial charge in [0.2, 0.25) is 11.5 Å². The molecule has 0 saturated carbocycles. The highest BCUT2D eigenvalue weighted by Gasteiger charge is 2.77. The van der Waals surface area contributed by atoms with E-state index < -0.39 is 56.8 Å². The fraction of sp³-hybridized carbons (Fsp3) is 0.385. The van der Waals surface area contributed by atoms with Gasteiger partial charge in [-0.2, -0.15) is 0 Å². The molecule has 11 heteroatoms. The maximum Gasteiger partial charge on any atom is 0.339 e. The molecule has 198 valence electrons. The van der Waals surface area contributed by atoms with Gasteiger partial charge in [-0.1, -0.05) is 30.3 Å². The van der Waals surface area contributed by atoms with E-state index in [0.29, 0.717) is 5.56 Å². The number of benzene rings is 2. The van der Waals surface area contributed by atoms with E-state index in [2.05, 4.69) is 0 Å². The van der Waals surface area contributed by atoms with Crippen LogP contribution in [0.4, 0.5) is 0 Å². The Kier molecular flexibility index (Phi) is 5.66. The summed E-state index contributed by atoms with van der Waals surface area (Å²) in [4.78, 5) is 24.9. The molecular formula is C26H28O11. The summed E-state index contributed by atoms with van der Waals surface area (Å²) in [5.41, 5.74) is -10.4. The van der Waals surface area contributed by atoms with Gasteiger partial charge >= 0.3 is 5.97 Å². The number of aliphatic carboxylic acids is 1. The molecule has 37 heavy (non-hydrogen) atoms. The van der Waals surface area contributed by atoms with Gasteiger partial charge in [-0.05, 0) is 27.7 Å². The number of fused-ring (bicyclic) bond motifs is 1. The normalized spacial score (nSPS) is 33.8. The number of aliphatic hydroxyl groups is 3. The summed E-state index contributed by atoms with van der Waals surface area (Å²) >= 11 is 0. The molecule has 0 bridgehead atoms. The third-order valence-corrected chi connectivity index (χ3v) is 7.81. The smallest absolute Gasteiger partial charge is 0.339 e. The Morgan fingerprint density at radius 3 is 2.03 bits per heavy atom. The second kappa shape index (κ2) is 7.93. The third-order valence-electron chi connectivity index (χ3n) is 7.81. The molecule has 0 aliphatic carbocycles. The minimum atomic E-state index is -2.55. The first-order valence-corrected chi connectivity index (χ1v) is 11.3. The van der Waals surface area contributed by atoms with Crippen LogP contribution in [0.2, 0.25) is 0 Å². The van der Waals surface area contributed by atoms with Crippen LogP contribution in [0.1, 0.15) is 34.6 Å². The quantitative estimate of drug-likeness (QED) is 0.279. The van der Waals surface area contributed by atoms with E-state index >= 15 is 0 Å². The van der Waals surface area contributed by atoms with Gasteiger partial charge < -0.3 is 44.5 Å². The van der Waals surface area contributed by atoms with Crippen LogP contribution in [-0.4, -0.2) is 64.8 Å². The van der Waals surface area contributed by atoms with E-state index in [0.717, 1.165) is 46.8 Å². The number of ether oxygens (including phenoxy) is 2. The molecule has 1 fully saturated rings. The molecule has 0 radical (unpaired) electrons. The number of phenolic OH excluding ortho intramolecular Hbond substituents is 2. The molecule has 4 rings (SSSR count). The largest absolute Gasteiger partial charge is 0.504 e. The van der Waals surface area contributed by atoms with Gasteiger partial charge in [0.25, 0.3) is 0 Å². The van der Waals surface area contributed by atoms with Crippen LogP contribution in [0.25, 0.3) is 22.3 Å². The molecule has 2 heterocycles. The monoisotopic (exact) mass is 516 g/mol. The summed E-state index contributed by atoms with van der Waals surface area (Å²) in [7, 11) is 0. The minimum absolute atomic E-state index is 0.152. The van der Waals surface area contributed by atoms with E-state index in [4.69, 9.17) is 13.9 Å². The number of rotatable bonds is 4. The average molecular weight is 516 g/mol. The molecule has 5 atom stereocenters. The van der Waals surface area contributed by atoms with Crippen molar-refractivity contribution < 1.29 is 49.3 Å². The molecular weight excluding hydrogens is 488 g/mol. The van der Waals surface area contributed by atoms with Crippen LogP contribution in [0, 0.1) is 0 Å². The van der Waals surface area contributed by atoms with Crippen LogP contribution < -0.4 is 10.2 Å². The molecule has 1 saturated heterocycles. The Balaban J connectivity index is 1.91. The van der Waals surface area contributed by atoms with Gasteiger partial charge in [0, 0.05) is 24.6 Å². The van der Waals surface area contributed by atoms with Crippen LogP contribution in [0.5, 0.6) is 17.2 Å². The molecule has 0 spiro atoms. The zero-order chi connectivity index (χ0) is 27.8. The van der Waals surface area contributed by atoms with Gasteiger partial charge in [-0.3, -0.25) is 4.79 Å². The predicted molar refractivity (Wildman–Crippen MR) is 129 cm³/mol. The van der Waals surface area contributed by atoms with Crippen molar-refractivity contribution in [3.05, 3.63) is 52.7 Å². The van der Waals surface area contributed by atoms with E-state index in [1.807, 2.05) is 0 Å². The number of aromatic hydroxyl groups is 2. The van der Waals surface area contributed by atoms with Crippen LogP contribution in [0.15, 0.2) is 51.7 Å². The fourth-order valence-corrected chi connectivity index (χ4v) is 4.64. The second-order valence-electron chi connectivity index (χ2n) is 9.99. The second-order valence-corrected chi connectivity index (χ2v) is 9.99. The lowest BCUT2D eigenvalue weighted by Gasteiger charge is -2.63. The molecule has 3 aromatic rings. The number of carboxylic acid groups (broad SMARTS) is 1. The minimum Gasteiger partial charge on any atom is -0.504 e. The van der Waals surface area contributed by atoms with Crippen LogP contribution in [0.3, 0.4) is 0 Å². The van der Waals surface area contributed by atoms with Gasteiger partial charge in [-0.15, -0.1) is 0 Å². The van der Waals surface area contributed by atoms with Gasteiger partial charge in [0.1, 0.15) is 27.9 Å². The zero-order valence-electron chi connectivity index (χ0n) is 20.8. The van der Waals surface area contributed by atoms with Crippen molar-refractivity contribution in [1.82, 2.24) is 0 Å². The zero-order valence-corrected chi connectivity index (χ0v) is 20.8. The summed E-state index contributed by atoms with van der Waals surface area (Å²) in [5.74, 6) is -6.35. The molecule has 6 N–H and O–H groups in total. The van der Waals surface area contributed by atoms with Crippen LogP contribution in [-0.2, 0) is 9.53 Å². The highest BCUT2D eigenvalue weighted by Crippen LogP contribution is 2.55. The molecule has 2 unspecified atom stereocenters. The van der Waals surface area contributed by atoms with Crippen molar-refractivity contribution in [3.63, 3.8) is 0 Å². The lowest BCUT2D eigenvalue weighted by molar-refractivity contribution is -0.430. The van der Waals surface area contributed by atoms with Crippen molar-refractivity contribution in [2.24, 2.45) is 0 Å². The summed E-state index contributed by atoms with van der Waals surface area (Å²) in [6, 6.07) is 10.8. The van der Waals surface area contributed by atoms with E-state index in [9.17, 15) is 40.2 Å². The molecule has 1 aliphatic heterocycles. The number of hydrogen-bond donors (Lipinski definition) is 6. The predicted octanol–water partition coefficient (Wildman–Crippen LogP) is 2.09. The van der Waals surface area contributed by atoms with Crippen molar-refractivity contribution in [2.75, 3.05) is 0 Å². The summed E-state index contributed by atoms with van der Waals surface area (Å²) in [6.45, 7) is 5.14. The van der Waals surface area contributed by atoms with Crippen molar-refractivity contribution in [3.8, 4) is 28.6 Å². The fourth-order valence-electron chi connectivity index (χ4n) is 4.64. The van der Waals surface area contributed by atoms with Crippen molar-refractivity contribution >= 4 is 16.9 Å².